The van der Waals surface area contributed by atoms with E-state index >= 15 is 0 Å². The zero-order valence-corrected chi connectivity index (χ0v) is 17.8. The molecule has 0 saturated heterocycles. The van der Waals surface area contributed by atoms with Crippen LogP contribution in [-0.2, 0) is 18.4 Å². The van der Waals surface area contributed by atoms with E-state index in [0.717, 1.165) is 25.3 Å². The van der Waals surface area contributed by atoms with Crippen molar-refractivity contribution in [1.82, 2.24) is 9.97 Å². The van der Waals surface area contributed by atoms with Gasteiger partial charge in [-0.1, -0.05) is 48.4 Å². The standard InChI is InChI=1S/C27H29N3/c1-19-3-7-22(8-4-19)27(14-2-15-27)23-9-11-24(12-10-23)30-16-13-21-17-28-26(20-5-6-20)29-25(21)18-30/h3-4,7-12,17,20H,2,5-6,13-16,18H2,1H3. The molecule has 0 atom stereocenters. The average molecular weight is 396 g/mol. The zero-order valence-electron chi connectivity index (χ0n) is 17.8. The Morgan fingerprint density at radius 1 is 0.933 bits per heavy atom. The second kappa shape index (κ2) is 6.94. The molecule has 0 N–H and O–H groups in total. The first-order valence-corrected chi connectivity index (χ1v) is 11.5. The van der Waals surface area contributed by atoms with Gasteiger partial charge in [0.25, 0.3) is 0 Å². The Bertz CT molecular complexity index is 1060. The Balaban J connectivity index is 1.25. The van der Waals surface area contributed by atoms with Crippen LogP contribution in [0.5, 0.6) is 0 Å². The topological polar surface area (TPSA) is 29.0 Å². The molecule has 3 aliphatic rings. The summed E-state index contributed by atoms with van der Waals surface area (Å²) in [5.41, 5.74) is 8.38. The van der Waals surface area contributed by atoms with Gasteiger partial charge in [0.15, 0.2) is 0 Å². The van der Waals surface area contributed by atoms with E-state index in [1.807, 2.05) is 0 Å². The van der Waals surface area contributed by atoms with Gasteiger partial charge < -0.3 is 4.90 Å². The van der Waals surface area contributed by atoms with E-state index in [1.54, 1.807) is 0 Å². The Labute approximate surface area is 179 Å². The molecule has 30 heavy (non-hydrogen) atoms. The number of aromatic nitrogens is 2. The van der Waals surface area contributed by atoms with E-state index in [1.165, 1.54) is 65.7 Å². The molecular weight excluding hydrogens is 366 g/mol. The van der Waals surface area contributed by atoms with E-state index in [2.05, 4.69) is 71.5 Å². The van der Waals surface area contributed by atoms with Crippen molar-refractivity contribution in [3.8, 4) is 0 Å². The van der Waals surface area contributed by atoms with E-state index < -0.39 is 0 Å². The summed E-state index contributed by atoms with van der Waals surface area (Å²) in [5.74, 6) is 1.68. The molecule has 0 bridgehead atoms. The third kappa shape index (κ3) is 3.03. The number of aryl methyl sites for hydroxylation is 1. The van der Waals surface area contributed by atoms with Gasteiger partial charge in [0.1, 0.15) is 5.82 Å². The van der Waals surface area contributed by atoms with Crippen LogP contribution in [0.25, 0.3) is 0 Å². The summed E-state index contributed by atoms with van der Waals surface area (Å²) in [4.78, 5) is 12.0. The predicted octanol–water partition coefficient (Wildman–Crippen LogP) is 5.70. The molecule has 2 fully saturated rings. The number of hydrogen-bond donors (Lipinski definition) is 0. The predicted molar refractivity (Wildman–Crippen MR) is 121 cm³/mol. The summed E-state index contributed by atoms with van der Waals surface area (Å²) in [7, 11) is 0. The molecule has 0 radical (unpaired) electrons. The summed E-state index contributed by atoms with van der Waals surface area (Å²) < 4.78 is 0. The number of rotatable bonds is 4. The molecule has 6 rings (SSSR count). The van der Waals surface area contributed by atoms with E-state index in [0.29, 0.717) is 5.92 Å². The maximum atomic E-state index is 4.92. The number of anilines is 1. The molecule has 3 heteroatoms. The lowest BCUT2D eigenvalue weighted by Crippen LogP contribution is -2.35. The van der Waals surface area contributed by atoms with Crippen LogP contribution < -0.4 is 4.90 Å². The molecular formula is C27H29N3. The van der Waals surface area contributed by atoms with Crippen LogP contribution in [0.15, 0.2) is 54.7 Å². The zero-order chi connectivity index (χ0) is 20.1. The average Bonchev–Trinajstić information content (AvgIpc) is 3.60. The molecule has 2 aromatic carbocycles. The SMILES string of the molecule is Cc1ccc(C2(c3ccc(N4CCc5cnc(C6CC6)nc5C4)cc3)CCC2)cc1. The molecule has 152 valence electrons. The minimum atomic E-state index is 0.215. The van der Waals surface area contributed by atoms with Gasteiger partial charge in [0, 0.05) is 29.8 Å². The van der Waals surface area contributed by atoms with Crippen molar-refractivity contribution >= 4 is 5.69 Å². The number of nitrogens with zero attached hydrogens (tertiary/aromatic N) is 3. The van der Waals surface area contributed by atoms with Crippen LogP contribution >= 0.6 is 0 Å². The van der Waals surface area contributed by atoms with Crippen molar-refractivity contribution in [2.45, 2.75) is 63.3 Å². The van der Waals surface area contributed by atoms with Gasteiger partial charge in [-0.3, -0.25) is 0 Å². The monoisotopic (exact) mass is 395 g/mol. The van der Waals surface area contributed by atoms with Crippen LogP contribution in [-0.4, -0.2) is 16.5 Å². The number of hydrogen-bond acceptors (Lipinski definition) is 3. The Hall–Kier alpha value is -2.68. The van der Waals surface area contributed by atoms with Crippen molar-refractivity contribution in [3.05, 3.63) is 88.5 Å². The minimum absolute atomic E-state index is 0.215. The lowest BCUT2D eigenvalue weighted by molar-refractivity contribution is 0.301. The molecule has 0 spiro atoms. The smallest absolute Gasteiger partial charge is 0.131 e. The van der Waals surface area contributed by atoms with Crippen LogP contribution in [0.1, 0.15) is 71.8 Å². The normalized spacial score (nSPS) is 19.8. The van der Waals surface area contributed by atoms with Crippen LogP contribution in [0.4, 0.5) is 5.69 Å². The Kier molecular flexibility index (Phi) is 4.19. The second-order valence-corrected chi connectivity index (χ2v) is 9.49. The maximum Gasteiger partial charge on any atom is 0.131 e. The van der Waals surface area contributed by atoms with Gasteiger partial charge in [-0.2, -0.15) is 0 Å². The lowest BCUT2D eigenvalue weighted by Gasteiger charge is -2.43. The van der Waals surface area contributed by atoms with Gasteiger partial charge in [-0.15, -0.1) is 0 Å². The van der Waals surface area contributed by atoms with Crippen molar-refractivity contribution in [2.75, 3.05) is 11.4 Å². The summed E-state index contributed by atoms with van der Waals surface area (Å²) in [6.45, 7) is 4.11. The summed E-state index contributed by atoms with van der Waals surface area (Å²) >= 11 is 0. The summed E-state index contributed by atoms with van der Waals surface area (Å²) in [5, 5.41) is 0. The molecule has 3 nitrogen and oxygen atoms in total. The third-order valence-electron chi connectivity index (χ3n) is 7.50. The molecule has 2 heterocycles. The quantitative estimate of drug-likeness (QED) is 0.568. The van der Waals surface area contributed by atoms with Crippen LogP contribution in [0, 0.1) is 6.92 Å². The van der Waals surface area contributed by atoms with Gasteiger partial charge >= 0.3 is 0 Å². The highest BCUT2D eigenvalue weighted by atomic mass is 15.1. The fourth-order valence-electron chi connectivity index (χ4n) is 5.22. The lowest BCUT2D eigenvalue weighted by atomic mass is 9.60. The van der Waals surface area contributed by atoms with Crippen molar-refractivity contribution in [2.24, 2.45) is 0 Å². The van der Waals surface area contributed by atoms with E-state index in [4.69, 9.17) is 4.98 Å². The first-order chi connectivity index (χ1) is 14.7. The van der Waals surface area contributed by atoms with Gasteiger partial charge in [-0.05, 0) is 67.9 Å². The third-order valence-corrected chi connectivity index (χ3v) is 7.50. The molecule has 0 unspecified atom stereocenters. The van der Waals surface area contributed by atoms with Crippen LogP contribution in [0.2, 0.25) is 0 Å². The fraction of sp³-hybridized carbons (Fsp3) is 0.407. The molecule has 3 aromatic rings. The highest BCUT2D eigenvalue weighted by molar-refractivity contribution is 5.53. The minimum Gasteiger partial charge on any atom is -0.365 e. The Morgan fingerprint density at radius 3 is 2.27 bits per heavy atom. The largest absolute Gasteiger partial charge is 0.365 e. The van der Waals surface area contributed by atoms with Gasteiger partial charge in [0.05, 0.1) is 12.2 Å². The van der Waals surface area contributed by atoms with E-state index in [9.17, 15) is 0 Å². The first kappa shape index (κ1) is 18.1. The first-order valence-electron chi connectivity index (χ1n) is 11.5. The highest BCUT2D eigenvalue weighted by Gasteiger charge is 2.40. The van der Waals surface area contributed by atoms with Crippen molar-refractivity contribution < 1.29 is 0 Å². The summed E-state index contributed by atoms with van der Waals surface area (Å²) in [6, 6.07) is 18.6. The van der Waals surface area contributed by atoms with Gasteiger partial charge in [-0.25, -0.2) is 9.97 Å². The molecule has 2 saturated carbocycles. The molecule has 0 amide bonds. The number of benzene rings is 2. The van der Waals surface area contributed by atoms with Crippen LogP contribution in [0.3, 0.4) is 0 Å². The Morgan fingerprint density at radius 2 is 1.63 bits per heavy atom. The number of fused-ring (bicyclic) bond motifs is 1. The maximum absolute atomic E-state index is 4.92. The molecule has 2 aliphatic carbocycles. The summed E-state index contributed by atoms with van der Waals surface area (Å²) in [6.07, 6.45) is 9.47. The highest BCUT2D eigenvalue weighted by Crippen LogP contribution is 2.49. The fourth-order valence-corrected chi connectivity index (χ4v) is 5.22. The molecule has 1 aromatic heterocycles. The van der Waals surface area contributed by atoms with Crippen molar-refractivity contribution in [1.29, 1.82) is 0 Å². The second-order valence-electron chi connectivity index (χ2n) is 9.49. The molecule has 1 aliphatic heterocycles. The van der Waals surface area contributed by atoms with Gasteiger partial charge in [0.2, 0.25) is 0 Å². The van der Waals surface area contributed by atoms with E-state index in [-0.39, 0.29) is 5.41 Å². The van der Waals surface area contributed by atoms with Crippen molar-refractivity contribution in [3.63, 3.8) is 0 Å².